The van der Waals surface area contributed by atoms with Crippen molar-refractivity contribution in [2.75, 3.05) is 13.2 Å². The molecule has 5 rings (SSSR count). The quantitative estimate of drug-likeness (QED) is 0.242. The first-order valence-corrected chi connectivity index (χ1v) is 18.0. The van der Waals surface area contributed by atoms with Crippen LogP contribution in [-0.4, -0.2) is 64.2 Å². The largest absolute Gasteiger partial charge is 0.432 e. The molecule has 9 heteroatoms. The van der Waals surface area contributed by atoms with Gasteiger partial charge in [0.2, 0.25) is 5.91 Å². The number of nitrogens with zero attached hydrogens (tertiary/aromatic N) is 3. The van der Waals surface area contributed by atoms with Crippen LogP contribution >= 0.6 is 0 Å². The maximum Gasteiger partial charge on any atom is 0.279 e. The zero-order chi connectivity index (χ0) is 30.6. The summed E-state index contributed by atoms with van der Waals surface area (Å²) in [4.78, 5) is 39.5. The lowest BCUT2D eigenvalue weighted by Crippen LogP contribution is -2.42. The van der Waals surface area contributed by atoms with Crippen LogP contribution in [0.25, 0.3) is 16.5 Å². The molecule has 0 spiro atoms. The summed E-state index contributed by atoms with van der Waals surface area (Å²) in [6.45, 7) is 6.51. The van der Waals surface area contributed by atoms with E-state index in [2.05, 4.69) is 12.0 Å². The second-order valence-electron chi connectivity index (χ2n) is 12.1. The lowest BCUT2D eigenvalue weighted by Gasteiger charge is -2.31. The molecule has 4 aromatic rings. The standard InChI is InChI=1S/C34H41N3O5Si/c1-24-30(17-16-25-12-9-14-28(20-25)37-34(40)29-15-8-7-13-27(29)22-35-37)42-31(33(24)43(2,3)41)21-32(39)36(18-19-38)23-26-10-5-4-6-11-26/h4-15,20,22,24,30-31,33,38,41H,16-19,21,23H2,1-3H3/t24-,30+,31-,33+/m1/s1. The Balaban J connectivity index is 1.29. The molecule has 8 nitrogen and oxygen atoms in total. The summed E-state index contributed by atoms with van der Waals surface area (Å²) >= 11 is 0. The number of carbonyl (C=O) groups excluding carboxylic acids is 1. The minimum absolute atomic E-state index is 0.0813. The van der Waals surface area contributed by atoms with Gasteiger partial charge in [-0.2, -0.15) is 9.78 Å². The zero-order valence-corrected chi connectivity index (χ0v) is 26.1. The van der Waals surface area contributed by atoms with Crippen molar-refractivity contribution in [2.45, 2.75) is 63.6 Å². The Morgan fingerprint density at radius 1 is 1.00 bits per heavy atom. The Labute approximate surface area is 253 Å². The molecule has 2 N–H and O–H groups in total. The van der Waals surface area contributed by atoms with Crippen molar-refractivity contribution in [1.82, 2.24) is 14.7 Å². The summed E-state index contributed by atoms with van der Waals surface area (Å²) in [5.74, 6) is -0.00197. The van der Waals surface area contributed by atoms with Gasteiger partial charge in [0.15, 0.2) is 8.32 Å². The summed E-state index contributed by atoms with van der Waals surface area (Å²) in [5, 5.41) is 15.5. The van der Waals surface area contributed by atoms with Gasteiger partial charge in [0.05, 0.1) is 42.5 Å². The number of amides is 1. The third-order valence-electron chi connectivity index (χ3n) is 8.60. The van der Waals surface area contributed by atoms with Crippen molar-refractivity contribution in [3.8, 4) is 5.69 Å². The number of benzene rings is 3. The van der Waals surface area contributed by atoms with Crippen LogP contribution in [0.4, 0.5) is 0 Å². The van der Waals surface area contributed by atoms with Gasteiger partial charge in [0, 0.05) is 24.0 Å². The van der Waals surface area contributed by atoms with Crippen LogP contribution in [0.15, 0.2) is 89.9 Å². The van der Waals surface area contributed by atoms with E-state index in [1.165, 1.54) is 4.68 Å². The third-order valence-corrected chi connectivity index (χ3v) is 11.1. The normalized spacial score (nSPS) is 20.4. The zero-order valence-electron chi connectivity index (χ0n) is 25.1. The molecule has 4 atom stereocenters. The third kappa shape index (κ3) is 7.13. The highest BCUT2D eigenvalue weighted by molar-refractivity contribution is 6.71. The molecular weight excluding hydrogens is 558 g/mol. The van der Waals surface area contributed by atoms with E-state index in [1.807, 2.05) is 92.0 Å². The smallest absolute Gasteiger partial charge is 0.279 e. The van der Waals surface area contributed by atoms with Crippen LogP contribution in [0.2, 0.25) is 18.6 Å². The van der Waals surface area contributed by atoms with Crippen molar-refractivity contribution in [3.05, 3.63) is 107 Å². The van der Waals surface area contributed by atoms with Crippen molar-refractivity contribution in [1.29, 1.82) is 0 Å². The van der Waals surface area contributed by atoms with Crippen LogP contribution < -0.4 is 5.56 Å². The van der Waals surface area contributed by atoms with E-state index in [0.29, 0.717) is 17.6 Å². The molecule has 0 radical (unpaired) electrons. The topological polar surface area (TPSA) is 105 Å². The number of hydrogen-bond donors (Lipinski definition) is 2. The van der Waals surface area contributed by atoms with Gasteiger partial charge >= 0.3 is 0 Å². The molecule has 1 amide bonds. The van der Waals surface area contributed by atoms with Crippen molar-refractivity contribution < 1.29 is 19.4 Å². The Hall–Kier alpha value is -3.63. The number of aliphatic hydroxyl groups excluding tert-OH is 1. The Morgan fingerprint density at radius 3 is 2.47 bits per heavy atom. The molecular formula is C34H41N3O5Si. The molecule has 1 saturated heterocycles. The molecule has 0 bridgehead atoms. The van der Waals surface area contributed by atoms with Crippen molar-refractivity contribution in [2.24, 2.45) is 5.92 Å². The van der Waals surface area contributed by atoms with E-state index in [0.717, 1.165) is 29.4 Å². The van der Waals surface area contributed by atoms with Crippen molar-refractivity contribution >= 4 is 25.0 Å². The highest BCUT2D eigenvalue weighted by Crippen LogP contribution is 2.45. The maximum atomic E-state index is 13.5. The summed E-state index contributed by atoms with van der Waals surface area (Å²) in [5.41, 5.74) is 2.52. The number of ether oxygens (including phenoxy) is 1. The van der Waals surface area contributed by atoms with Crippen LogP contribution in [0.3, 0.4) is 0 Å². The molecule has 0 unspecified atom stereocenters. The minimum atomic E-state index is -2.67. The lowest BCUT2D eigenvalue weighted by atomic mass is 9.95. The van der Waals surface area contributed by atoms with Crippen LogP contribution in [-0.2, 0) is 22.5 Å². The van der Waals surface area contributed by atoms with E-state index in [-0.39, 0.29) is 54.7 Å². The molecule has 1 aliphatic rings. The van der Waals surface area contributed by atoms with E-state index in [9.17, 15) is 19.5 Å². The number of aliphatic hydroxyl groups is 1. The number of rotatable bonds is 11. The molecule has 1 aliphatic heterocycles. The van der Waals surface area contributed by atoms with Gasteiger partial charge in [-0.3, -0.25) is 9.59 Å². The second-order valence-corrected chi connectivity index (χ2v) is 16.1. The van der Waals surface area contributed by atoms with Gasteiger partial charge in [0.25, 0.3) is 5.56 Å². The SMILES string of the molecule is C[C@H]1[C@H]([Si](C)(C)O)[C@@H](CC(=O)N(CCO)Cc2ccccc2)O[C@H]1CCc1cccc(-n2ncc3ccccc3c2=O)c1. The van der Waals surface area contributed by atoms with Crippen LogP contribution in [0.5, 0.6) is 0 Å². The maximum absolute atomic E-state index is 13.5. The summed E-state index contributed by atoms with van der Waals surface area (Å²) in [7, 11) is -2.67. The van der Waals surface area contributed by atoms with E-state index >= 15 is 0 Å². The molecule has 2 heterocycles. The predicted molar refractivity (Wildman–Crippen MR) is 170 cm³/mol. The van der Waals surface area contributed by atoms with Crippen LogP contribution in [0, 0.1) is 5.92 Å². The number of aryl methyl sites for hydroxylation is 1. The van der Waals surface area contributed by atoms with Crippen LogP contribution in [0.1, 0.15) is 30.9 Å². The molecule has 1 aromatic heterocycles. The van der Waals surface area contributed by atoms with Gasteiger partial charge in [0.1, 0.15) is 0 Å². The van der Waals surface area contributed by atoms with E-state index in [4.69, 9.17) is 4.74 Å². The number of aromatic nitrogens is 2. The molecule has 0 saturated carbocycles. The van der Waals surface area contributed by atoms with E-state index in [1.54, 1.807) is 11.1 Å². The van der Waals surface area contributed by atoms with Gasteiger partial charge in [-0.15, -0.1) is 0 Å². The Bertz CT molecular complexity index is 1600. The molecule has 0 aliphatic carbocycles. The first-order valence-electron chi connectivity index (χ1n) is 15.0. The summed E-state index contributed by atoms with van der Waals surface area (Å²) in [6.07, 6.45) is 2.81. The second kappa shape index (κ2) is 13.3. The highest BCUT2D eigenvalue weighted by atomic mass is 28.4. The predicted octanol–water partition coefficient (Wildman–Crippen LogP) is 4.70. The summed E-state index contributed by atoms with van der Waals surface area (Å²) in [6, 6.07) is 25.0. The molecule has 3 aromatic carbocycles. The molecule has 1 fully saturated rings. The fourth-order valence-corrected chi connectivity index (χ4v) is 9.16. The number of carbonyl (C=O) groups is 1. The monoisotopic (exact) mass is 599 g/mol. The Morgan fingerprint density at radius 2 is 1.72 bits per heavy atom. The Kier molecular flexibility index (Phi) is 9.56. The van der Waals surface area contributed by atoms with Crippen molar-refractivity contribution in [3.63, 3.8) is 0 Å². The minimum Gasteiger partial charge on any atom is -0.432 e. The molecule has 226 valence electrons. The lowest BCUT2D eigenvalue weighted by molar-refractivity contribution is -0.135. The van der Waals surface area contributed by atoms with E-state index < -0.39 is 8.32 Å². The fraction of sp³-hybridized carbons (Fsp3) is 0.382. The highest BCUT2D eigenvalue weighted by Gasteiger charge is 2.50. The average Bonchev–Trinajstić information content (AvgIpc) is 3.31. The molecule has 43 heavy (non-hydrogen) atoms. The van der Waals surface area contributed by atoms with Gasteiger partial charge in [-0.05, 0) is 61.2 Å². The fourth-order valence-electron chi connectivity index (χ4n) is 6.55. The van der Waals surface area contributed by atoms with Gasteiger partial charge in [-0.25, -0.2) is 0 Å². The first-order chi connectivity index (χ1) is 20.7. The number of fused-ring (bicyclic) bond motifs is 1. The van der Waals surface area contributed by atoms with Gasteiger partial charge < -0.3 is 19.5 Å². The van der Waals surface area contributed by atoms with Gasteiger partial charge in [-0.1, -0.05) is 67.6 Å². The summed E-state index contributed by atoms with van der Waals surface area (Å²) < 4.78 is 8.00. The number of hydrogen-bond acceptors (Lipinski definition) is 6. The first kappa shape index (κ1) is 30.8. The average molecular weight is 600 g/mol.